The Morgan fingerprint density at radius 2 is 1.71 bits per heavy atom. The molecular weight excluding hydrogens is 464 g/mol. The quantitative estimate of drug-likeness (QED) is 0.540. The molecule has 1 fully saturated rings. The molecule has 0 bridgehead atoms. The molecule has 186 valence electrons. The minimum atomic E-state index is -0.855. The second-order valence-electron chi connectivity index (χ2n) is 9.38. The summed E-state index contributed by atoms with van der Waals surface area (Å²) in [7, 11) is 0. The number of carboxylic acid groups (broad SMARTS) is 1. The number of nitrogens with one attached hydrogen (secondary N) is 1. The summed E-state index contributed by atoms with van der Waals surface area (Å²) in [6, 6.07) is 15.6. The highest BCUT2D eigenvalue weighted by Gasteiger charge is 2.37. The van der Waals surface area contributed by atoms with Crippen molar-refractivity contribution in [2.24, 2.45) is 11.8 Å². The van der Waals surface area contributed by atoms with E-state index < -0.39 is 18.1 Å². The number of carbonyl (C=O) groups excluding carboxylic acids is 2. The first kappa shape index (κ1) is 25.1. The number of aliphatic carboxylic acids is 1. The van der Waals surface area contributed by atoms with Gasteiger partial charge >= 0.3 is 12.1 Å². The van der Waals surface area contributed by atoms with Crippen molar-refractivity contribution in [2.75, 3.05) is 31.7 Å². The Bertz CT molecular complexity index is 1050. The average Bonchev–Trinajstić information content (AvgIpc) is 3.37. The molecule has 1 heterocycles. The maximum atomic E-state index is 13.3. The second kappa shape index (κ2) is 11.2. The average molecular weight is 497 g/mol. The highest BCUT2D eigenvalue weighted by molar-refractivity contribution is 7.98. The number of ether oxygens (including phenoxy) is 1. The smallest absolute Gasteiger partial charge is 0.407 e. The van der Waals surface area contributed by atoms with E-state index in [0.717, 1.165) is 22.3 Å². The van der Waals surface area contributed by atoms with E-state index in [2.05, 4.69) is 29.6 Å². The zero-order chi connectivity index (χ0) is 24.9. The molecule has 4 rings (SSSR count). The lowest BCUT2D eigenvalue weighted by Crippen LogP contribution is -2.48. The Balaban J connectivity index is 1.40. The van der Waals surface area contributed by atoms with E-state index in [1.54, 1.807) is 16.7 Å². The van der Waals surface area contributed by atoms with Gasteiger partial charge in [-0.15, -0.1) is 0 Å². The Hall–Kier alpha value is -3.00. The molecule has 2 aromatic carbocycles. The number of nitrogens with zero attached hydrogens (tertiary/aromatic N) is 1. The fourth-order valence-electron chi connectivity index (χ4n) is 5.20. The van der Waals surface area contributed by atoms with Crippen molar-refractivity contribution in [1.82, 2.24) is 10.2 Å². The molecule has 2 aromatic rings. The molecule has 2 aliphatic rings. The van der Waals surface area contributed by atoms with Crippen LogP contribution in [-0.2, 0) is 14.3 Å². The Morgan fingerprint density at radius 1 is 1.09 bits per heavy atom. The maximum absolute atomic E-state index is 13.3. The number of fused-ring (bicyclic) bond motifs is 3. The molecule has 35 heavy (non-hydrogen) atoms. The molecule has 1 aliphatic carbocycles. The topological polar surface area (TPSA) is 95.9 Å². The number of benzene rings is 2. The van der Waals surface area contributed by atoms with E-state index in [1.807, 2.05) is 37.4 Å². The third-order valence-corrected chi connectivity index (χ3v) is 7.70. The van der Waals surface area contributed by atoms with Crippen molar-refractivity contribution >= 4 is 29.7 Å². The summed E-state index contributed by atoms with van der Waals surface area (Å²) in [6.45, 7) is 3.05. The summed E-state index contributed by atoms with van der Waals surface area (Å²) in [5.74, 6) is -0.344. The van der Waals surface area contributed by atoms with Crippen molar-refractivity contribution in [3.63, 3.8) is 0 Å². The van der Waals surface area contributed by atoms with E-state index in [4.69, 9.17) is 9.84 Å². The Kier molecular flexibility index (Phi) is 8.00. The third-order valence-electron chi connectivity index (χ3n) is 7.06. The van der Waals surface area contributed by atoms with Crippen LogP contribution in [0, 0.1) is 11.8 Å². The largest absolute Gasteiger partial charge is 0.481 e. The molecule has 0 saturated carbocycles. The first-order valence-electron chi connectivity index (χ1n) is 12.0. The van der Waals surface area contributed by atoms with Gasteiger partial charge < -0.3 is 20.1 Å². The van der Waals surface area contributed by atoms with Gasteiger partial charge in [-0.1, -0.05) is 55.5 Å². The van der Waals surface area contributed by atoms with Gasteiger partial charge in [-0.05, 0) is 52.5 Å². The van der Waals surface area contributed by atoms with Gasteiger partial charge in [-0.2, -0.15) is 11.8 Å². The number of thioether (sulfide) groups is 1. The Labute approximate surface area is 210 Å². The molecule has 0 radical (unpaired) electrons. The minimum Gasteiger partial charge on any atom is -0.481 e. The second-order valence-corrected chi connectivity index (χ2v) is 10.4. The van der Waals surface area contributed by atoms with Gasteiger partial charge in [0.25, 0.3) is 0 Å². The number of amides is 2. The van der Waals surface area contributed by atoms with E-state index in [-0.39, 0.29) is 36.7 Å². The van der Waals surface area contributed by atoms with Crippen molar-refractivity contribution in [3.8, 4) is 11.1 Å². The molecule has 2 N–H and O–H groups in total. The van der Waals surface area contributed by atoms with Crippen LogP contribution in [0.5, 0.6) is 0 Å². The van der Waals surface area contributed by atoms with Crippen LogP contribution in [0.2, 0.25) is 0 Å². The molecule has 7 nitrogen and oxygen atoms in total. The van der Waals surface area contributed by atoms with Crippen LogP contribution in [0.15, 0.2) is 48.5 Å². The Morgan fingerprint density at radius 3 is 2.31 bits per heavy atom. The van der Waals surface area contributed by atoms with Crippen LogP contribution in [0.1, 0.15) is 36.8 Å². The zero-order valence-corrected chi connectivity index (χ0v) is 20.9. The van der Waals surface area contributed by atoms with Gasteiger partial charge in [0.2, 0.25) is 5.91 Å². The van der Waals surface area contributed by atoms with Crippen molar-refractivity contribution in [1.29, 1.82) is 0 Å². The van der Waals surface area contributed by atoms with Crippen LogP contribution in [0.3, 0.4) is 0 Å². The van der Waals surface area contributed by atoms with E-state index in [9.17, 15) is 14.4 Å². The van der Waals surface area contributed by atoms with E-state index in [0.29, 0.717) is 25.3 Å². The van der Waals surface area contributed by atoms with Crippen molar-refractivity contribution < 1.29 is 24.2 Å². The van der Waals surface area contributed by atoms with Crippen LogP contribution in [-0.4, -0.2) is 65.7 Å². The van der Waals surface area contributed by atoms with Crippen molar-refractivity contribution in [3.05, 3.63) is 59.7 Å². The number of alkyl carbamates (subject to hydrolysis) is 1. The zero-order valence-electron chi connectivity index (χ0n) is 20.1. The minimum absolute atomic E-state index is 0.0419. The lowest BCUT2D eigenvalue weighted by molar-refractivity contribution is -0.138. The lowest BCUT2D eigenvalue weighted by Gasteiger charge is -2.24. The molecular formula is C27H32N2O5S. The number of carbonyl (C=O) groups is 3. The number of likely N-dealkylation sites (tertiary alicyclic amines) is 1. The van der Waals surface area contributed by atoms with Crippen LogP contribution in [0.25, 0.3) is 11.1 Å². The predicted octanol–water partition coefficient (Wildman–Crippen LogP) is 4.22. The molecule has 0 spiro atoms. The van der Waals surface area contributed by atoms with Gasteiger partial charge in [0.1, 0.15) is 12.6 Å². The van der Waals surface area contributed by atoms with E-state index in [1.165, 1.54) is 0 Å². The molecule has 1 aliphatic heterocycles. The number of hydrogen-bond donors (Lipinski definition) is 2. The summed E-state index contributed by atoms with van der Waals surface area (Å²) in [6.07, 6.45) is 1.87. The highest BCUT2D eigenvalue weighted by atomic mass is 32.2. The molecule has 1 saturated heterocycles. The van der Waals surface area contributed by atoms with Gasteiger partial charge in [0.15, 0.2) is 0 Å². The van der Waals surface area contributed by atoms with Crippen LogP contribution < -0.4 is 5.32 Å². The number of carboxylic acids is 1. The van der Waals surface area contributed by atoms with Crippen molar-refractivity contribution in [2.45, 2.75) is 31.7 Å². The standard InChI is InChI=1S/C27H32N2O5S/c1-17-14-29(15-18(17)13-25(30)31)26(32)24(11-12-35-2)28-27(33)34-16-23-21-9-5-3-7-19(21)20-8-4-6-10-22(20)23/h3-10,17-18,23-24H,11-16H2,1-2H3,(H,28,33)(H,30,31)/t17-,18-,24-/m1/s1. The monoisotopic (exact) mass is 496 g/mol. The lowest BCUT2D eigenvalue weighted by atomic mass is 9.95. The summed E-state index contributed by atoms with van der Waals surface area (Å²) in [4.78, 5) is 38.9. The first-order valence-corrected chi connectivity index (χ1v) is 13.4. The normalized spacial score (nSPS) is 19.7. The first-order chi connectivity index (χ1) is 16.9. The van der Waals surface area contributed by atoms with Gasteiger partial charge in [-0.25, -0.2) is 4.79 Å². The molecule has 3 atom stereocenters. The number of rotatable bonds is 9. The maximum Gasteiger partial charge on any atom is 0.407 e. The summed E-state index contributed by atoms with van der Waals surface area (Å²) in [5.41, 5.74) is 4.58. The molecule has 0 aromatic heterocycles. The van der Waals surface area contributed by atoms with E-state index >= 15 is 0 Å². The molecule has 8 heteroatoms. The molecule has 2 amide bonds. The summed E-state index contributed by atoms with van der Waals surface area (Å²) < 4.78 is 5.65. The van der Waals surface area contributed by atoms with Crippen LogP contribution >= 0.6 is 11.8 Å². The predicted molar refractivity (Wildman–Crippen MR) is 136 cm³/mol. The molecule has 0 unspecified atom stereocenters. The van der Waals surface area contributed by atoms with Crippen LogP contribution in [0.4, 0.5) is 4.79 Å². The summed E-state index contributed by atoms with van der Waals surface area (Å²) >= 11 is 1.60. The SMILES string of the molecule is CSCC[C@@H](NC(=O)OCC1c2ccccc2-c2ccccc21)C(=O)N1C[C@@H](CC(=O)O)[C@H](C)C1. The van der Waals surface area contributed by atoms with Gasteiger partial charge in [0, 0.05) is 19.0 Å². The third kappa shape index (κ3) is 5.64. The van der Waals surface area contributed by atoms with Gasteiger partial charge in [-0.3, -0.25) is 9.59 Å². The fourth-order valence-corrected chi connectivity index (χ4v) is 5.67. The summed E-state index contributed by atoms with van der Waals surface area (Å²) in [5, 5.41) is 11.9. The van der Waals surface area contributed by atoms with Gasteiger partial charge in [0.05, 0.1) is 6.42 Å². The highest BCUT2D eigenvalue weighted by Crippen LogP contribution is 2.44. The fraction of sp³-hybridized carbons (Fsp3) is 0.444. The number of hydrogen-bond acceptors (Lipinski definition) is 5.